The molecule has 1 amide bonds. The van der Waals surface area contributed by atoms with Crippen LogP contribution in [0.1, 0.15) is 66.8 Å². The van der Waals surface area contributed by atoms with Gasteiger partial charge in [-0.15, -0.1) is 0 Å². The molecule has 5 nitrogen and oxygen atoms in total. The summed E-state index contributed by atoms with van der Waals surface area (Å²) >= 11 is 0. The van der Waals surface area contributed by atoms with Gasteiger partial charge in [-0.25, -0.2) is 8.78 Å². The normalized spacial score (nSPS) is 26.8. The zero-order chi connectivity index (χ0) is 33.1. The van der Waals surface area contributed by atoms with E-state index in [-0.39, 0.29) is 59.4 Å². The quantitative estimate of drug-likeness (QED) is 0.282. The predicted octanol–water partition coefficient (Wildman–Crippen LogP) is 3.76. The Labute approximate surface area is 285 Å². The van der Waals surface area contributed by atoms with E-state index < -0.39 is 53.0 Å². The van der Waals surface area contributed by atoms with E-state index in [1.165, 1.54) is 16.5 Å². The second kappa shape index (κ2) is 14.2. The summed E-state index contributed by atoms with van der Waals surface area (Å²) in [5, 5.41) is 0. The number of carbonyl (C=O) groups is 1. The van der Waals surface area contributed by atoms with Crippen molar-refractivity contribution in [2.75, 3.05) is 26.2 Å². The van der Waals surface area contributed by atoms with Gasteiger partial charge >= 0.3 is 12.4 Å². The Hall–Kier alpha value is -3.26. The van der Waals surface area contributed by atoms with Crippen molar-refractivity contribution in [3.05, 3.63) is 106 Å². The molecular formula is C35H39ClF8N2O3. The van der Waals surface area contributed by atoms with Gasteiger partial charge in [0, 0.05) is 44.2 Å². The maximum Gasteiger partial charge on any atom is 0.416 e. The van der Waals surface area contributed by atoms with Crippen LogP contribution in [0.25, 0.3) is 0 Å². The van der Waals surface area contributed by atoms with Gasteiger partial charge in [-0.1, -0.05) is 36.4 Å². The van der Waals surface area contributed by atoms with Gasteiger partial charge in [-0.3, -0.25) is 4.79 Å². The van der Waals surface area contributed by atoms with Crippen LogP contribution in [0.5, 0.6) is 0 Å². The number of amides is 1. The third-order valence-electron chi connectivity index (χ3n) is 11.1. The first kappa shape index (κ1) is 40.2. The van der Waals surface area contributed by atoms with E-state index in [2.05, 4.69) is 19.1 Å². The predicted molar refractivity (Wildman–Crippen MR) is 163 cm³/mol. The Morgan fingerprint density at radius 2 is 1.39 bits per heavy atom. The van der Waals surface area contributed by atoms with Crippen LogP contribution >= 0.6 is 0 Å². The van der Waals surface area contributed by atoms with Gasteiger partial charge in [0.05, 0.1) is 36.2 Å². The van der Waals surface area contributed by atoms with E-state index >= 15 is 0 Å². The molecule has 7 rings (SSSR count). The molecule has 4 N–H and O–H groups in total. The molecule has 3 aromatic carbocycles. The lowest BCUT2D eigenvalue weighted by Crippen LogP contribution is -3.00. The average Bonchev–Trinajstić information content (AvgIpc) is 3.03. The second-order valence-corrected chi connectivity index (χ2v) is 13.3. The Kier molecular flexibility index (Phi) is 11.6. The molecule has 4 aliphatic rings. The van der Waals surface area contributed by atoms with E-state index in [9.17, 15) is 39.9 Å². The number of carbonyl (C=O) groups excluding carboxylic acids is 1. The monoisotopic (exact) mass is 722 g/mol. The van der Waals surface area contributed by atoms with Crippen molar-refractivity contribution in [3.63, 3.8) is 0 Å². The maximum atomic E-state index is 14.9. The van der Waals surface area contributed by atoms with E-state index in [0.29, 0.717) is 35.0 Å². The minimum Gasteiger partial charge on any atom is -1.00 e. The molecule has 2 atom stereocenters. The molecule has 2 unspecified atom stereocenters. The van der Waals surface area contributed by atoms with Crippen LogP contribution in [-0.4, -0.2) is 58.5 Å². The number of hydrogen-bond acceptors (Lipinski definition) is 1. The van der Waals surface area contributed by atoms with Crippen LogP contribution in [0, 0.1) is 11.6 Å². The van der Waals surface area contributed by atoms with Gasteiger partial charge in [0.15, 0.2) is 11.6 Å². The fraction of sp³-hybridized carbons (Fsp3) is 0.457. The molecular weight excluding hydrogens is 684 g/mol. The molecule has 3 aromatic rings. The van der Waals surface area contributed by atoms with Gasteiger partial charge in [0.1, 0.15) is 6.04 Å². The fourth-order valence-corrected chi connectivity index (χ4v) is 8.62. The Bertz CT molecular complexity index is 1600. The zero-order valence-electron chi connectivity index (χ0n) is 26.7. The molecule has 0 saturated carbocycles. The minimum absolute atomic E-state index is 0. The van der Waals surface area contributed by atoms with Crippen LogP contribution in [0.2, 0.25) is 0 Å². The molecule has 4 heterocycles. The fourth-order valence-electron chi connectivity index (χ4n) is 8.62. The van der Waals surface area contributed by atoms with Gasteiger partial charge in [-0.05, 0) is 60.4 Å². The summed E-state index contributed by atoms with van der Waals surface area (Å²) < 4.78 is 112. The summed E-state index contributed by atoms with van der Waals surface area (Å²) in [6.45, 7) is 3.93. The summed E-state index contributed by atoms with van der Waals surface area (Å²) in [4.78, 5) is 14.7. The third kappa shape index (κ3) is 7.17. The van der Waals surface area contributed by atoms with Crippen LogP contribution < -0.4 is 12.4 Å². The summed E-state index contributed by atoms with van der Waals surface area (Å²) in [6.07, 6.45) is -7.29. The van der Waals surface area contributed by atoms with Crippen LogP contribution in [0.15, 0.2) is 66.7 Å². The summed E-state index contributed by atoms with van der Waals surface area (Å²) in [5.74, 6) is -2.50. The standard InChI is InChI=1S/C35H35F8N2O.ClH.2H2O/c1-2-45-14-12-32(13-15-45,24-6-4-3-5-7-24)20-30(45)33(25-8-9-28(36)29(37)19-25)11-10-31(46)44(22-33)21-23-16-26(34(38,39)40)18-27(17-23)35(41,42)43;;;/h3-9,16-19,30H,2,10-15,20-22H2,1H3;1H;2*1H2/q+1;;;/p-1. The second-order valence-electron chi connectivity index (χ2n) is 13.3. The molecule has 0 aliphatic carbocycles. The molecule has 4 saturated heterocycles. The smallest absolute Gasteiger partial charge is 0.416 e. The highest BCUT2D eigenvalue weighted by atomic mass is 35.5. The molecule has 0 aromatic heterocycles. The molecule has 270 valence electrons. The van der Waals surface area contributed by atoms with Crippen LogP contribution in [0.4, 0.5) is 35.1 Å². The highest BCUT2D eigenvalue weighted by Crippen LogP contribution is 2.56. The van der Waals surface area contributed by atoms with Gasteiger partial charge < -0.3 is 32.7 Å². The topological polar surface area (TPSA) is 83.3 Å². The molecule has 0 radical (unpaired) electrons. The number of likely N-dealkylation sites (tertiary alicyclic amines) is 1. The lowest BCUT2D eigenvalue weighted by Gasteiger charge is -2.64. The van der Waals surface area contributed by atoms with E-state index in [1.54, 1.807) is 0 Å². The molecule has 0 spiro atoms. The van der Waals surface area contributed by atoms with Gasteiger partial charge in [-0.2, -0.15) is 26.3 Å². The number of nitrogens with zero attached hydrogens (tertiary/aromatic N) is 2. The van der Waals surface area contributed by atoms with Crippen molar-refractivity contribution in [2.24, 2.45) is 0 Å². The summed E-state index contributed by atoms with van der Waals surface area (Å²) in [5.41, 5.74) is -2.68. The maximum absolute atomic E-state index is 14.9. The van der Waals surface area contributed by atoms with Crippen molar-refractivity contribution in [2.45, 2.75) is 74.8 Å². The van der Waals surface area contributed by atoms with Gasteiger partial charge in [0.25, 0.3) is 0 Å². The SMILES string of the molecule is CC[N+]12CCC(c3ccccc3)(CC1)CC2C1(c2ccc(F)c(F)c2)CCC(=O)N(Cc2cc(C(F)(F)F)cc(C(F)(F)F)c2)C1.O.O.[Cl-]. The molecule has 4 fully saturated rings. The van der Waals surface area contributed by atoms with Crippen LogP contribution in [-0.2, 0) is 34.5 Å². The lowest BCUT2D eigenvalue weighted by molar-refractivity contribution is -0.970. The van der Waals surface area contributed by atoms with E-state index in [1.807, 2.05) is 18.2 Å². The largest absolute Gasteiger partial charge is 1.00 e. The number of alkyl halides is 6. The van der Waals surface area contributed by atoms with Crippen molar-refractivity contribution < 1.29 is 67.8 Å². The Morgan fingerprint density at radius 3 is 1.92 bits per heavy atom. The highest BCUT2D eigenvalue weighted by molar-refractivity contribution is 5.78. The molecule has 49 heavy (non-hydrogen) atoms. The van der Waals surface area contributed by atoms with E-state index in [4.69, 9.17) is 0 Å². The summed E-state index contributed by atoms with van der Waals surface area (Å²) in [6, 6.07) is 15.0. The van der Waals surface area contributed by atoms with Crippen molar-refractivity contribution in [3.8, 4) is 0 Å². The minimum atomic E-state index is -5.03. The van der Waals surface area contributed by atoms with Crippen LogP contribution in [0.3, 0.4) is 0 Å². The third-order valence-corrected chi connectivity index (χ3v) is 11.1. The van der Waals surface area contributed by atoms with E-state index in [0.717, 1.165) is 44.6 Å². The number of hydrogen-bond donors (Lipinski definition) is 0. The first-order valence-corrected chi connectivity index (χ1v) is 15.5. The highest BCUT2D eigenvalue weighted by Gasteiger charge is 2.63. The Morgan fingerprint density at radius 1 is 0.796 bits per heavy atom. The first-order chi connectivity index (χ1) is 21.6. The molecule has 14 heteroatoms. The zero-order valence-corrected chi connectivity index (χ0v) is 27.5. The van der Waals surface area contributed by atoms with Crippen molar-refractivity contribution in [1.29, 1.82) is 0 Å². The van der Waals surface area contributed by atoms with Crippen molar-refractivity contribution in [1.82, 2.24) is 4.90 Å². The molecule has 2 bridgehead atoms. The number of quaternary nitrogens is 1. The first-order valence-electron chi connectivity index (χ1n) is 15.5. The number of fused-ring (bicyclic) bond motifs is 3. The number of piperidine rings is 4. The number of halogens is 9. The number of benzene rings is 3. The Balaban J connectivity index is 0.00000217. The van der Waals surface area contributed by atoms with Gasteiger partial charge in [0.2, 0.25) is 5.91 Å². The number of rotatable bonds is 6. The molecule has 4 aliphatic heterocycles. The average molecular weight is 723 g/mol. The van der Waals surface area contributed by atoms with Crippen molar-refractivity contribution >= 4 is 5.91 Å². The summed E-state index contributed by atoms with van der Waals surface area (Å²) in [7, 11) is 0. The number of likely N-dealkylation sites (N-methyl/N-ethyl adjacent to an activating group) is 1. The lowest BCUT2D eigenvalue weighted by atomic mass is 9.55.